The van der Waals surface area contributed by atoms with Crippen LogP contribution in [-0.4, -0.2) is 51.6 Å². The molecule has 4 rings (SSSR count). The standard InChI is InChI=1S/C17H21N5O4/c23-16(21-6-7-22-15(10-21)19-20-17(22)24)18-12-3-1-4-13(9-12)26-11-14-5-2-8-25-14/h1,3-4,9,14H,2,5-8,10-11H2,(H,18,23)(H,20,24)/t14-/m1/s1. The zero-order valence-corrected chi connectivity index (χ0v) is 14.3. The van der Waals surface area contributed by atoms with Crippen molar-refractivity contribution in [2.24, 2.45) is 0 Å². The molecule has 2 N–H and O–H groups in total. The average molecular weight is 359 g/mol. The predicted molar refractivity (Wildman–Crippen MR) is 93.2 cm³/mol. The van der Waals surface area contributed by atoms with Gasteiger partial charge in [-0.3, -0.25) is 4.57 Å². The monoisotopic (exact) mass is 359 g/mol. The molecule has 26 heavy (non-hydrogen) atoms. The van der Waals surface area contributed by atoms with Crippen LogP contribution < -0.4 is 15.7 Å². The highest BCUT2D eigenvalue weighted by atomic mass is 16.5. The maximum absolute atomic E-state index is 12.5. The van der Waals surface area contributed by atoms with E-state index in [9.17, 15) is 9.59 Å². The van der Waals surface area contributed by atoms with Crippen molar-refractivity contribution in [1.29, 1.82) is 0 Å². The maximum Gasteiger partial charge on any atom is 0.343 e. The molecule has 9 nitrogen and oxygen atoms in total. The van der Waals surface area contributed by atoms with Crippen LogP contribution in [0, 0.1) is 0 Å². The number of hydrogen-bond acceptors (Lipinski definition) is 5. The molecule has 9 heteroatoms. The fourth-order valence-corrected chi connectivity index (χ4v) is 3.18. The summed E-state index contributed by atoms with van der Waals surface area (Å²) in [5, 5.41) is 9.22. The van der Waals surface area contributed by atoms with E-state index in [0.29, 0.717) is 43.5 Å². The van der Waals surface area contributed by atoms with Crippen molar-refractivity contribution in [3.63, 3.8) is 0 Å². The summed E-state index contributed by atoms with van der Waals surface area (Å²) in [6.45, 7) is 2.49. The number of carbonyl (C=O) groups excluding carboxylic acids is 1. The first-order chi connectivity index (χ1) is 12.7. The number of benzene rings is 1. The van der Waals surface area contributed by atoms with Crippen molar-refractivity contribution in [1.82, 2.24) is 19.7 Å². The van der Waals surface area contributed by atoms with Gasteiger partial charge in [-0.2, -0.15) is 5.10 Å². The molecule has 0 unspecified atom stereocenters. The molecule has 2 aliphatic rings. The van der Waals surface area contributed by atoms with E-state index in [1.807, 2.05) is 18.2 Å². The van der Waals surface area contributed by atoms with Crippen LogP contribution in [0.2, 0.25) is 0 Å². The first-order valence-electron chi connectivity index (χ1n) is 8.73. The molecule has 0 aliphatic carbocycles. The smallest absolute Gasteiger partial charge is 0.343 e. The van der Waals surface area contributed by atoms with Gasteiger partial charge in [-0.05, 0) is 25.0 Å². The summed E-state index contributed by atoms with van der Waals surface area (Å²) in [5.74, 6) is 1.25. The Balaban J connectivity index is 1.35. The molecule has 2 amide bonds. The third-order valence-corrected chi connectivity index (χ3v) is 4.60. The summed E-state index contributed by atoms with van der Waals surface area (Å²) in [6.07, 6.45) is 2.24. The van der Waals surface area contributed by atoms with E-state index in [-0.39, 0.29) is 17.8 Å². The van der Waals surface area contributed by atoms with Crippen LogP contribution in [0.25, 0.3) is 0 Å². The van der Waals surface area contributed by atoms with Gasteiger partial charge in [0.15, 0.2) is 5.82 Å². The number of amides is 2. The van der Waals surface area contributed by atoms with Crippen molar-refractivity contribution >= 4 is 11.7 Å². The van der Waals surface area contributed by atoms with E-state index in [4.69, 9.17) is 9.47 Å². The molecule has 0 bridgehead atoms. The predicted octanol–water partition coefficient (Wildman–Crippen LogP) is 1.18. The highest BCUT2D eigenvalue weighted by Crippen LogP contribution is 2.20. The number of nitrogens with one attached hydrogen (secondary N) is 2. The summed E-state index contributed by atoms with van der Waals surface area (Å²) < 4.78 is 12.9. The number of carbonyl (C=O) groups is 1. The Morgan fingerprint density at radius 3 is 3.19 bits per heavy atom. The molecule has 0 saturated carbocycles. The van der Waals surface area contributed by atoms with Crippen molar-refractivity contribution in [3.05, 3.63) is 40.6 Å². The Morgan fingerprint density at radius 2 is 2.35 bits per heavy atom. The molecule has 1 saturated heterocycles. The van der Waals surface area contributed by atoms with E-state index >= 15 is 0 Å². The lowest BCUT2D eigenvalue weighted by Crippen LogP contribution is -2.42. The minimum atomic E-state index is -0.240. The average Bonchev–Trinajstić information content (AvgIpc) is 3.30. The molecule has 3 heterocycles. The van der Waals surface area contributed by atoms with E-state index in [0.717, 1.165) is 19.4 Å². The van der Waals surface area contributed by atoms with Crippen LogP contribution in [0.1, 0.15) is 18.7 Å². The molecule has 1 aromatic heterocycles. The molecule has 138 valence electrons. The van der Waals surface area contributed by atoms with Crippen LogP contribution in [0.3, 0.4) is 0 Å². The van der Waals surface area contributed by atoms with Crippen LogP contribution in [0.15, 0.2) is 29.1 Å². The zero-order chi connectivity index (χ0) is 17.9. The van der Waals surface area contributed by atoms with E-state index < -0.39 is 0 Å². The van der Waals surface area contributed by atoms with Crippen LogP contribution in [-0.2, 0) is 17.8 Å². The van der Waals surface area contributed by atoms with Crippen LogP contribution >= 0.6 is 0 Å². The summed E-state index contributed by atoms with van der Waals surface area (Å²) in [4.78, 5) is 25.6. The van der Waals surface area contributed by atoms with E-state index in [1.165, 1.54) is 0 Å². The Hall–Kier alpha value is -2.81. The summed E-state index contributed by atoms with van der Waals surface area (Å²) in [6, 6.07) is 7.06. The SMILES string of the molecule is O=C(Nc1cccc(OC[C@H]2CCCO2)c1)N1CCn2c(n[nH]c2=O)C1. The van der Waals surface area contributed by atoms with Gasteiger partial charge in [-0.15, -0.1) is 0 Å². The third-order valence-electron chi connectivity index (χ3n) is 4.60. The number of anilines is 1. The van der Waals surface area contributed by atoms with Crippen LogP contribution in [0.4, 0.5) is 10.5 Å². The quantitative estimate of drug-likeness (QED) is 0.853. The molecule has 2 aromatic rings. The number of nitrogens with zero attached hydrogens (tertiary/aromatic N) is 3. The van der Waals surface area contributed by atoms with Gasteiger partial charge < -0.3 is 19.7 Å². The van der Waals surface area contributed by atoms with Gasteiger partial charge in [0.25, 0.3) is 0 Å². The highest BCUT2D eigenvalue weighted by molar-refractivity contribution is 5.89. The molecular formula is C17H21N5O4. The van der Waals surface area contributed by atoms with Gasteiger partial charge >= 0.3 is 11.7 Å². The minimum Gasteiger partial charge on any atom is -0.491 e. The lowest BCUT2D eigenvalue weighted by atomic mass is 10.2. The molecule has 2 aliphatic heterocycles. The second-order valence-corrected chi connectivity index (χ2v) is 6.42. The fraction of sp³-hybridized carbons (Fsp3) is 0.471. The first-order valence-corrected chi connectivity index (χ1v) is 8.73. The molecule has 0 spiro atoms. The second kappa shape index (κ2) is 7.20. The number of ether oxygens (including phenoxy) is 2. The Morgan fingerprint density at radius 1 is 1.42 bits per heavy atom. The minimum absolute atomic E-state index is 0.146. The maximum atomic E-state index is 12.5. The van der Waals surface area contributed by atoms with Gasteiger partial charge in [0, 0.05) is 31.5 Å². The number of fused-ring (bicyclic) bond motifs is 1. The van der Waals surface area contributed by atoms with Crippen molar-refractivity contribution in [3.8, 4) is 5.75 Å². The van der Waals surface area contributed by atoms with E-state index in [2.05, 4.69) is 15.5 Å². The Labute approximate surface area is 149 Å². The molecule has 1 atom stereocenters. The number of urea groups is 1. The second-order valence-electron chi connectivity index (χ2n) is 6.42. The normalized spacial score (nSPS) is 19.2. The number of aromatic nitrogens is 3. The van der Waals surface area contributed by atoms with Gasteiger partial charge in [-0.25, -0.2) is 14.7 Å². The van der Waals surface area contributed by atoms with Crippen molar-refractivity contribution < 1.29 is 14.3 Å². The van der Waals surface area contributed by atoms with Gasteiger partial charge in [0.1, 0.15) is 12.4 Å². The van der Waals surface area contributed by atoms with Crippen LogP contribution in [0.5, 0.6) is 5.75 Å². The van der Waals surface area contributed by atoms with Crippen molar-refractivity contribution in [2.75, 3.05) is 25.1 Å². The molecule has 1 aromatic carbocycles. The number of rotatable bonds is 4. The zero-order valence-electron chi connectivity index (χ0n) is 14.3. The summed E-state index contributed by atoms with van der Waals surface area (Å²) in [5.41, 5.74) is 0.418. The molecule has 1 fully saturated rings. The summed E-state index contributed by atoms with van der Waals surface area (Å²) >= 11 is 0. The first kappa shape index (κ1) is 16.6. The summed E-state index contributed by atoms with van der Waals surface area (Å²) in [7, 11) is 0. The topological polar surface area (TPSA) is 101 Å². The Bertz CT molecular complexity index is 840. The highest BCUT2D eigenvalue weighted by Gasteiger charge is 2.23. The number of hydrogen-bond donors (Lipinski definition) is 2. The Kier molecular flexibility index (Phi) is 4.61. The largest absolute Gasteiger partial charge is 0.491 e. The van der Waals surface area contributed by atoms with Gasteiger partial charge in [-0.1, -0.05) is 6.07 Å². The van der Waals surface area contributed by atoms with Crippen molar-refractivity contribution in [2.45, 2.75) is 32.0 Å². The fourth-order valence-electron chi connectivity index (χ4n) is 3.18. The lowest BCUT2D eigenvalue weighted by molar-refractivity contribution is 0.0680. The number of aromatic amines is 1. The molecule has 0 radical (unpaired) electrons. The number of H-pyrrole nitrogens is 1. The van der Waals surface area contributed by atoms with Gasteiger partial charge in [0.2, 0.25) is 0 Å². The lowest BCUT2D eigenvalue weighted by Gasteiger charge is -2.26. The van der Waals surface area contributed by atoms with Gasteiger partial charge in [0.05, 0.1) is 12.6 Å². The van der Waals surface area contributed by atoms with E-state index in [1.54, 1.807) is 15.5 Å². The molecular weight excluding hydrogens is 338 g/mol. The third kappa shape index (κ3) is 3.57.